The van der Waals surface area contributed by atoms with Crippen molar-refractivity contribution < 1.29 is 9.59 Å². The summed E-state index contributed by atoms with van der Waals surface area (Å²) in [5.41, 5.74) is 1.02. The van der Waals surface area contributed by atoms with Crippen molar-refractivity contribution in [1.82, 2.24) is 15.1 Å². The van der Waals surface area contributed by atoms with Crippen molar-refractivity contribution in [2.45, 2.75) is 39.7 Å². The quantitative estimate of drug-likeness (QED) is 0.715. The van der Waals surface area contributed by atoms with Gasteiger partial charge in [0.1, 0.15) is 0 Å². The third kappa shape index (κ3) is 6.51. The third-order valence-corrected chi connectivity index (χ3v) is 5.40. The van der Waals surface area contributed by atoms with Gasteiger partial charge in [0, 0.05) is 37.7 Å². The van der Waals surface area contributed by atoms with Crippen LogP contribution in [0.5, 0.6) is 0 Å². The first-order valence-electron chi connectivity index (χ1n) is 10.1. The number of hydrogen-bond donors (Lipinski definition) is 1. The molecule has 1 heterocycles. The van der Waals surface area contributed by atoms with Crippen LogP contribution in [-0.4, -0.2) is 60.4 Å². The van der Waals surface area contributed by atoms with Gasteiger partial charge < -0.3 is 10.2 Å². The van der Waals surface area contributed by atoms with Crippen molar-refractivity contribution >= 4 is 17.9 Å². The Morgan fingerprint density at radius 2 is 1.81 bits per heavy atom. The van der Waals surface area contributed by atoms with Gasteiger partial charge in [0.05, 0.1) is 0 Å². The molecule has 0 aromatic heterocycles. The molecule has 0 aliphatic carbocycles. The zero-order valence-corrected chi connectivity index (χ0v) is 16.9. The molecule has 2 amide bonds. The fraction of sp³-hybridized carbons (Fsp3) is 0.545. The smallest absolute Gasteiger partial charge is 0.246 e. The van der Waals surface area contributed by atoms with Gasteiger partial charge in [-0.3, -0.25) is 14.5 Å². The molecule has 27 heavy (non-hydrogen) atoms. The van der Waals surface area contributed by atoms with Gasteiger partial charge in [-0.1, -0.05) is 44.2 Å². The normalized spacial score (nSPS) is 16.7. The number of likely N-dealkylation sites (tertiary alicyclic amines) is 1. The summed E-state index contributed by atoms with van der Waals surface area (Å²) >= 11 is 0. The topological polar surface area (TPSA) is 52.7 Å². The second-order valence-corrected chi connectivity index (χ2v) is 7.16. The molecule has 5 heteroatoms. The van der Waals surface area contributed by atoms with Crippen LogP contribution in [0.2, 0.25) is 0 Å². The van der Waals surface area contributed by atoms with Crippen molar-refractivity contribution in [3.05, 3.63) is 42.0 Å². The highest BCUT2D eigenvalue weighted by atomic mass is 16.2. The first kappa shape index (κ1) is 21.2. The van der Waals surface area contributed by atoms with E-state index in [1.165, 1.54) is 0 Å². The van der Waals surface area contributed by atoms with E-state index in [4.69, 9.17) is 0 Å². The average molecular weight is 372 g/mol. The minimum absolute atomic E-state index is 0.0102. The predicted octanol–water partition coefficient (Wildman–Crippen LogP) is 2.78. The number of hydrogen-bond acceptors (Lipinski definition) is 3. The van der Waals surface area contributed by atoms with E-state index >= 15 is 0 Å². The van der Waals surface area contributed by atoms with E-state index in [0.29, 0.717) is 25.7 Å². The van der Waals surface area contributed by atoms with Crippen LogP contribution in [0.1, 0.15) is 39.2 Å². The monoisotopic (exact) mass is 371 g/mol. The Morgan fingerprint density at radius 1 is 1.19 bits per heavy atom. The highest BCUT2D eigenvalue weighted by Gasteiger charge is 2.26. The van der Waals surface area contributed by atoms with Crippen LogP contribution in [0.4, 0.5) is 0 Å². The second kappa shape index (κ2) is 10.9. The number of amides is 2. The number of carbonyl (C=O) groups excluding carboxylic acids is 2. The number of nitrogens with zero attached hydrogens (tertiary/aromatic N) is 2. The first-order chi connectivity index (χ1) is 13.0. The lowest BCUT2D eigenvalue weighted by molar-refractivity contribution is -0.132. The number of rotatable bonds is 8. The number of nitrogens with one attached hydrogen (secondary N) is 1. The minimum atomic E-state index is 0.0102. The largest absolute Gasteiger partial charge is 0.354 e. The molecule has 1 atom stereocenters. The molecule has 1 N–H and O–H groups in total. The number of piperidine rings is 1. The van der Waals surface area contributed by atoms with E-state index in [-0.39, 0.29) is 17.7 Å². The summed E-state index contributed by atoms with van der Waals surface area (Å²) in [6.07, 6.45) is 4.93. The van der Waals surface area contributed by atoms with Gasteiger partial charge in [-0.05, 0) is 44.5 Å². The summed E-state index contributed by atoms with van der Waals surface area (Å²) < 4.78 is 0. The summed E-state index contributed by atoms with van der Waals surface area (Å²) in [5.74, 6) is 0.157. The van der Waals surface area contributed by atoms with Crippen LogP contribution in [0.3, 0.4) is 0 Å². The minimum Gasteiger partial charge on any atom is -0.354 e. The van der Waals surface area contributed by atoms with Crippen LogP contribution >= 0.6 is 0 Å². The van der Waals surface area contributed by atoms with Crippen molar-refractivity contribution in [3.63, 3.8) is 0 Å². The third-order valence-electron chi connectivity index (χ3n) is 5.40. The second-order valence-electron chi connectivity index (χ2n) is 7.16. The maximum Gasteiger partial charge on any atom is 0.246 e. The number of likely N-dealkylation sites (N-methyl/N-ethyl adjacent to an activating group) is 1. The van der Waals surface area contributed by atoms with Gasteiger partial charge in [0.25, 0.3) is 0 Å². The van der Waals surface area contributed by atoms with Gasteiger partial charge >= 0.3 is 0 Å². The first-order valence-corrected chi connectivity index (χ1v) is 10.1. The summed E-state index contributed by atoms with van der Waals surface area (Å²) in [7, 11) is 0. The van der Waals surface area contributed by atoms with Crippen molar-refractivity contribution in [3.8, 4) is 0 Å². The average Bonchev–Trinajstić information content (AvgIpc) is 2.72. The van der Waals surface area contributed by atoms with Crippen molar-refractivity contribution in [2.24, 2.45) is 5.92 Å². The molecule has 1 fully saturated rings. The van der Waals surface area contributed by atoms with E-state index in [2.05, 4.69) is 31.0 Å². The lowest BCUT2D eigenvalue weighted by Crippen LogP contribution is -2.46. The van der Waals surface area contributed by atoms with E-state index in [0.717, 1.165) is 31.5 Å². The van der Waals surface area contributed by atoms with E-state index in [1.807, 2.05) is 41.3 Å². The fourth-order valence-corrected chi connectivity index (χ4v) is 3.57. The molecule has 1 aliphatic rings. The molecule has 148 valence electrons. The Hall–Kier alpha value is -2.14. The predicted molar refractivity (Wildman–Crippen MR) is 110 cm³/mol. The Balaban J connectivity index is 1.75. The van der Waals surface area contributed by atoms with Gasteiger partial charge in [-0.25, -0.2) is 0 Å². The standard InChI is InChI=1S/C22H33N3O2/c1-4-24(5-2)18(3)17-23-22(27)20-13-15-25(16-14-20)21(26)12-11-19-9-7-6-8-10-19/h6-12,18,20H,4-5,13-17H2,1-3H3,(H,23,27)/b12-11+. The Kier molecular flexibility index (Phi) is 8.52. The molecule has 1 saturated heterocycles. The van der Waals surface area contributed by atoms with Gasteiger partial charge in [-0.2, -0.15) is 0 Å². The summed E-state index contributed by atoms with van der Waals surface area (Å²) in [6, 6.07) is 10.1. The Labute approximate surface area is 163 Å². The summed E-state index contributed by atoms with van der Waals surface area (Å²) in [5, 5.41) is 3.09. The van der Waals surface area contributed by atoms with Gasteiger partial charge in [0.15, 0.2) is 0 Å². The van der Waals surface area contributed by atoms with Crippen LogP contribution < -0.4 is 5.32 Å². The fourth-order valence-electron chi connectivity index (χ4n) is 3.57. The lowest BCUT2D eigenvalue weighted by atomic mass is 9.95. The van der Waals surface area contributed by atoms with Crippen molar-refractivity contribution in [2.75, 3.05) is 32.7 Å². The van der Waals surface area contributed by atoms with Gasteiger partial charge in [0.2, 0.25) is 11.8 Å². The highest BCUT2D eigenvalue weighted by molar-refractivity contribution is 5.92. The lowest BCUT2D eigenvalue weighted by Gasteiger charge is -2.31. The maximum absolute atomic E-state index is 12.4. The molecule has 1 aromatic carbocycles. The SMILES string of the molecule is CCN(CC)C(C)CNC(=O)C1CCN(C(=O)/C=C/c2ccccc2)CC1. The van der Waals surface area contributed by atoms with Crippen LogP contribution in [0, 0.1) is 5.92 Å². The number of benzene rings is 1. The molecular weight excluding hydrogens is 338 g/mol. The Morgan fingerprint density at radius 3 is 2.41 bits per heavy atom. The maximum atomic E-state index is 12.4. The molecule has 1 aromatic rings. The van der Waals surface area contributed by atoms with E-state index < -0.39 is 0 Å². The van der Waals surface area contributed by atoms with Gasteiger partial charge in [-0.15, -0.1) is 0 Å². The van der Waals surface area contributed by atoms with E-state index in [9.17, 15) is 9.59 Å². The zero-order valence-electron chi connectivity index (χ0n) is 16.9. The summed E-state index contributed by atoms with van der Waals surface area (Å²) in [6.45, 7) is 10.4. The highest BCUT2D eigenvalue weighted by Crippen LogP contribution is 2.18. The molecule has 0 bridgehead atoms. The molecule has 2 rings (SSSR count). The molecular formula is C22H33N3O2. The number of carbonyl (C=O) groups is 2. The molecule has 1 unspecified atom stereocenters. The van der Waals surface area contributed by atoms with Crippen molar-refractivity contribution in [1.29, 1.82) is 0 Å². The zero-order chi connectivity index (χ0) is 19.6. The molecule has 0 spiro atoms. The van der Waals surface area contributed by atoms with Crippen LogP contribution in [0.25, 0.3) is 6.08 Å². The summed E-state index contributed by atoms with van der Waals surface area (Å²) in [4.78, 5) is 28.9. The van der Waals surface area contributed by atoms with Crippen LogP contribution in [0.15, 0.2) is 36.4 Å². The molecule has 0 radical (unpaired) electrons. The Bertz CT molecular complexity index is 618. The molecule has 1 aliphatic heterocycles. The van der Waals surface area contributed by atoms with E-state index in [1.54, 1.807) is 6.08 Å². The molecule has 0 saturated carbocycles. The molecule has 5 nitrogen and oxygen atoms in total. The van der Waals surface area contributed by atoms with Crippen LogP contribution in [-0.2, 0) is 9.59 Å².